The number of halogens is 2. The molecule has 0 aromatic carbocycles. The molecule has 0 fully saturated rings. The Balaban J connectivity index is 0. The predicted octanol–water partition coefficient (Wildman–Crippen LogP) is -2.52. The average Bonchev–Trinajstić information content (AvgIpc) is 1.85. The molecule has 74 valence electrons. The number of hydrogen-bond acceptors (Lipinski definition) is 2. The van der Waals surface area contributed by atoms with E-state index in [9.17, 15) is 4.79 Å². The van der Waals surface area contributed by atoms with Crippen molar-refractivity contribution in [1.29, 1.82) is 0 Å². The summed E-state index contributed by atoms with van der Waals surface area (Å²) in [6.45, 7) is 1.25. The van der Waals surface area contributed by atoms with Crippen LogP contribution in [0.15, 0.2) is 0 Å². The van der Waals surface area contributed by atoms with Crippen molar-refractivity contribution >= 4 is 17.6 Å². The van der Waals surface area contributed by atoms with Gasteiger partial charge in [0.25, 0.3) is 0 Å². The number of esters is 1. The summed E-state index contributed by atoms with van der Waals surface area (Å²) in [5.74, 6) is -0.406. The molecule has 0 aliphatic heterocycles. The minimum Gasteiger partial charge on any atom is -1.00 e. The van der Waals surface area contributed by atoms with Crippen molar-refractivity contribution in [3.63, 3.8) is 0 Å². The van der Waals surface area contributed by atoms with E-state index in [2.05, 4.69) is 0 Å². The molecule has 0 saturated carbocycles. The highest BCUT2D eigenvalue weighted by molar-refractivity contribution is 6.26. The van der Waals surface area contributed by atoms with Crippen LogP contribution in [0, 0.1) is 0 Å². The SMILES string of the molecule is C[N+](C)(C)CCOC(=O)CCl.[Br-]. The Hall–Kier alpha value is 0.200. The lowest BCUT2D eigenvalue weighted by Crippen LogP contribution is -3.00. The quantitative estimate of drug-likeness (QED) is 0.317. The topological polar surface area (TPSA) is 26.3 Å². The normalized spacial score (nSPS) is 10.3. The molecular formula is C7H15BrClNO2. The van der Waals surface area contributed by atoms with E-state index < -0.39 is 0 Å². The largest absolute Gasteiger partial charge is 1.00 e. The van der Waals surface area contributed by atoms with Crippen molar-refractivity contribution in [2.75, 3.05) is 40.2 Å². The summed E-state index contributed by atoms with van der Waals surface area (Å²) in [6.07, 6.45) is 0. The Bertz CT molecular complexity index is 136. The van der Waals surface area contributed by atoms with Crippen molar-refractivity contribution in [2.45, 2.75) is 0 Å². The molecule has 0 unspecified atom stereocenters. The van der Waals surface area contributed by atoms with E-state index in [4.69, 9.17) is 16.3 Å². The number of alkyl halides is 1. The van der Waals surface area contributed by atoms with Crippen LogP contribution in [-0.4, -0.2) is 50.6 Å². The lowest BCUT2D eigenvalue weighted by atomic mass is 10.5. The molecule has 0 aliphatic carbocycles. The zero-order valence-corrected chi connectivity index (χ0v) is 9.98. The summed E-state index contributed by atoms with van der Waals surface area (Å²) in [4.78, 5) is 10.5. The summed E-state index contributed by atoms with van der Waals surface area (Å²) in [5.41, 5.74) is 0. The number of ether oxygens (including phenoxy) is 1. The fraction of sp³-hybridized carbons (Fsp3) is 0.857. The molecule has 0 amide bonds. The molecule has 0 saturated heterocycles. The van der Waals surface area contributed by atoms with E-state index in [-0.39, 0.29) is 28.8 Å². The van der Waals surface area contributed by atoms with Gasteiger partial charge in [-0.15, -0.1) is 11.6 Å². The van der Waals surface area contributed by atoms with Gasteiger partial charge in [0.15, 0.2) is 0 Å². The van der Waals surface area contributed by atoms with Crippen LogP contribution in [0.5, 0.6) is 0 Å². The van der Waals surface area contributed by atoms with Crippen LogP contribution in [0.4, 0.5) is 0 Å². The van der Waals surface area contributed by atoms with Crippen molar-refractivity contribution in [2.24, 2.45) is 0 Å². The van der Waals surface area contributed by atoms with Gasteiger partial charge in [0.1, 0.15) is 19.0 Å². The molecule has 0 bridgehead atoms. The van der Waals surface area contributed by atoms with Crippen molar-refractivity contribution in [1.82, 2.24) is 0 Å². The third-order valence-electron chi connectivity index (χ3n) is 1.13. The van der Waals surface area contributed by atoms with Gasteiger partial charge in [-0.3, -0.25) is 4.79 Å². The van der Waals surface area contributed by atoms with Crippen LogP contribution in [-0.2, 0) is 9.53 Å². The predicted molar refractivity (Wildman–Crippen MR) is 44.6 cm³/mol. The average molecular weight is 261 g/mol. The summed E-state index contributed by atoms with van der Waals surface area (Å²) in [5, 5.41) is 0. The molecule has 0 rings (SSSR count). The standard InChI is InChI=1S/C7H15ClNO2.BrH/c1-9(2,3)4-5-11-7(10)6-8;/h4-6H2,1-3H3;1H/q+1;/p-1. The maximum absolute atomic E-state index is 10.5. The first-order chi connectivity index (χ1) is 4.95. The molecule has 0 atom stereocenters. The minimum absolute atomic E-state index is 0. The zero-order valence-electron chi connectivity index (χ0n) is 7.64. The van der Waals surface area contributed by atoms with Crippen molar-refractivity contribution < 1.29 is 31.0 Å². The first-order valence-corrected chi connectivity index (χ1v) is 4.01. The highest BCUT2D eigenvalue weighted by atomic mass is 79.9. The first kappa shape index (κ1) is 14.7. The van der Waals surface area contributed by atoms with Crippen molar-refractivity contribution in [3.8, 4) is 0 Å². The number of nitrogens with zero attached hydrogens (tertiary/aromatic N) is 1. The fourth-order valence-electron chi connectivity index (χ4n) is 0.472. The Labute approximate surface area is 89.0 Å². The molecule has 0 radical (unpaired) electrons. The van der Waals surface area contributed by atoms with Gasteiger partial charge in [0.05, 0.1) is 21.1 Å². The summed E-state index contributed by atoms with van der Waals surface area (Å²) in [7, 11) is 6.11. The van der Waals surface area contributed by atoms with E-state index >= 15 is 0 Å². The zero-order chi connectivity index (χ0) is 8.91. The van der Waals surface area contributed by atoms with E-state index in [1.807, 2.05) is 21.1 Å². The van der Waals surface area contributed by atoms with Gasteiger partial charge in [-0.05, 0) is 0 Å². The van der Waals surface area contributed by atoms with Crippen LogP contribution in [0.1, 0.15) is 0 Å². The van der Waals surface area contributed by atoms with Crippen molar-refractivity contribution in [3.05, 3.63) is 0 Å². The molecule has 0 aromatic rings. The molecule has 0 aliphatic rings. The molecule has 5 heteroatoms. The second-order valence-electron chi connectivity index (χ2n) is 3.37. The third kappa shape index (κ3) is 10.2. The fourth-order valence-corrected chi connectivity index (χ4v) is 0.549. The first-order valence-electron chi connectivity index (χ1n) is 3.48. The molecule has 12 heavy (non-hydrogen) atoms. The molecule has 3 nitrogen and oxygen atoms in total. The van der Waals surface area contributed by atoms with Gasteiger partial charge in [-0.25, -0.2) is 0 Å². The monoisotopic (exact) mass is 259 g/mol. The van der Waals surface area contributed by atoms with Crippen LogP contribution >= 0.6 is 11.6 Å². The van der Waals surface area contributed by atoms with Gasteiger partial charge in [0, 0.05) is 0 Å². The van der Waals surface area contributed by atoms with Gasteiger partial charge >= 0.3 is 5.97 Å². The summed E-state index contributed by atoms with van der Waals surface area (Å²) in [6, 6.07) is 0. The van der Waals surface area contributed by atoms with E-state index in [0.29, 0.717) is 6.61 Å². The second kappa shape index (κ2) is 6.69. The summed E-state index contributed by atoms with van der Waals surface area (Å²) < 4.78 is 5.57. The molecule has 0 heterocycles. The second-order valence-corrected chi connectivity index (χ2v) is 3.64. The maximum Gasteiger partial charge on any atom is 0.321 e. The Kier molecular flexibility index (Phi) is 8.20. The minimum atomic E-state index is -0.347. The lowest BCUT2D eigenvalue weighted by molar-refractivity contribution is -0.870. The molecule has 0 N–H and O–H groups in total. The smallest absolute Gasteiger partial charge is 0.321 e. The lowest BCUT2D eigenvalue weighted by Gasteiger charge is -2.23. The summed E-state index contributed by atoms with van der Waals surface area (Å²) >= 11 is 5.22. The van der Waals surface area contributed by atoms with E-state index in [1.165, 1.54) is 0 Å². The Morgan fingerprint density at radius 2 is 1.92 bits per heavy atom. The molecular weight excluding hydrogens is 245 g/mol. The number of carbonyl (C=O) groups is 1. The van der Waals surface area contributed by atoms with Crippen LogP contribution in [0.3, 0.4) is 0 Å². The van der Waals surface area contributed by atoms with Gasteiger partial charge < -0.3 is 26.2 Å². The molecule has 0 spiro atoms. The van der Waals surface area contributed by atoms with E-state index in [1.54, 1.807) is 0 Å². The van der Waals surface area contributed by atoms with Gasteiger partial charge in [0.2, 0.25) is 0 Å². The van der Waals surface area contributed by atoms with Crippen LogP contribution in [0.25, 0.3) is 0 Å². The number of hydrogen-bond donors (Lipinski definition) is 0. The molecule has 0 aromatic heterocycles. The number of likely N-dealkylation sites (N-methyl/N-ethyl adjacent to an activating group) is 1. The highest BCUT2D eigenvalue weighted by Crippen LogP contribution is 1.90. The number of quaternary nitrogens is 1. The number of rotatable bonds is 4. The van der Waals surface area contributed by atoms with Crippen LogP contribution in [0.2, 0.25) is 0 Å². The number of carbonyl (C=O) groups excluding carboxylic acids is 1. The van der Waals surface area contributed by atoms with Gasteiger partial charge in [-0.2, -0.15) is 0 Å². The Morgan fingerprint density at radius 1 is 1.42 bits per heavy atom. The Morgan fingerprint density at radius 3 is 2.25 bits per heavy atom. The van der Waals surface area contributed by atoms with E-state index in [0.717, 1.165) is 11.0 Å². The maximum atomic E-state index is 10.5. The third-order valence-corrected chi connectivity index (χ3v) is 1.35. The van der Waals surface area contributed by atoms with Gasteiger partial charge in [-0.1, -0.05) is 0 Å². The van der Waals surface area contributed by atoms with Crippen LogP contribution < -0.4 is 17.0 Å². The highest BCUT2D eigenvalue weighted by Gasteiger charge is 2.07.